The number of hydrogen-bond acceptors (Lipinski definition) is 2. The van der Waals surface area contributed by atoms with E-state index in [-0.39, 0.29) is 0 Å². The minimum Gasteiger partial charge on any atom is -0.261 e. The van der Waals surface area contributed by atoms with Gasteiger partial charge in [-0.1, -0.05) is 26.2 Å². The highest BCUT2D eigenvalue weighted by molar-refractivity contribution is 5.04. The topological polar surface area (TPSA) is 25.8 Å². The Morgan fingerprint density at radius 3 is 2.64 bits per heavy atom. The second-order valence-corrected chi connectivity index (χ2v) is 4.32. The van der Waals surface area contributed by atoms with Crippen LogP contribution in [0.25, 0.3) is 0 Å². The summed E-state index contributed by atoms with van der Waals surface area (Å²) in [7, 11) is 0. The quantitative estimate of drug-likeness (QED) is 0.716. The zero-order valence-electron chi connectivity index (χ0n) is 8.82. The van der Waals surface area contributed by atoms with Crippen LogP contribution in [0.15, 0.2) is 18.6 Å². The van der Waals surface area contributed by atoms with Gasteiger partial charge in [-0.15, -0.1) is 0 Å². The second-order valence-electron chi connectivity index (χ2n) is 4.32. The lowest BCUT2D eigenvalue weighted by Gasteiger charge is -2.26. The molecule has 0 spiro atoms. The van der Waals surface area contributed by atoms with E-state index in [2.05, 4.69) is 16.9 Å². The minimum absolute atomic E-state index is 0.587. The summed E-state index contributed by atoms with van der Waals surface area (Å²) < 4.78 is 0. The summed E-state index contributed by atoms with van der Waals surface area (Å²) in [4.78, 5) is 8.53. The molecule has 0 N–H and O–H groups in total. The highest BCUT2D eigenvalue weighted by Crippen LogP contribution is 2.34. The lowest BCUT2D eigenvalue weighted by Crippen LogP contribution is -2.14. The van der Waals surface area contributed by atoms with Gasteiger partial charge in [0, 0.05) is 24.5 Å². The molecule has 1 saturated carbocycles. The molecule has 14 heavy (non-hydrogen) atoms. The molecule has 1 unspecified atom stereocenters. The van der Waals surface area contributed by atoms with Crippen LogP contribution in [0.5, 0.6) is 0 Å². The van der Waals surface area contributed by atoms with Crippen molar-refractivity contribution in [1.82, 2.24) is 9.97 Å². The van der Waals surface area contributed by atoms with Gasteiger partial charge in [0.1, 0.15) is 0 Å². The molecule has 0 aromatic carbocycles. The molecule has 76 valence electrons. The average Bonchev–Trinajstić information content (AvgIpc) is 2.30. The largest absolute Gasteiger partial charge is 0.261 e. The average molecular weight is 190 g/mol. The van der Waals surface area contributed by atoms with Gasteiger partial charge in [0.25, 0.3) is 0 Å². The first-order valence-corrected chi connectivity index (χ1v) is 5.64. The van der Waals surface area contributed by atoms with E-state index >= 15 is 0 Å². The van der Waals surface area contributed by atoms with E-state index in [4.69, 9.17) is 0 Å². The summed E-state index contributed by atoms with van der Waals surface area (Å²) >= 11 is 0. The fourth-order valence-electron chi connectivity index (χ4n) is 2.42. The first kappa shape index (κ1) is 9.63. The molecule has 1 atom stereocenters. The van der Waals surface area contributed by atoms with Gasteiger partial charge in [-0.25, -0.2) is 0 Å². The fraction of sp³-hybridized carbons (Fsp3) is 0.667. The Morgan fingerprint density at radius 2 is 2.00 bits per heavy atom. The summed E-state index contributed by atoms with van der Waals surface area (Å²) in [6.45, 7) is 2.29. The Morgan fingerprint density at radius 1 is 1.21 bits per heavy atom. The lowest BCUT2D eigenvalue weighted by atomic mass is 9.79. The molecule has 1 heterocycles. The molecule has 1 fully saturated rings. The first-order chi connectivity index (χ1) is 6.88. The standard InChI is InChI=1S/C12H18N2/c1-10(11-5-3-2-4-6-11)12-9-13-7-8-14-12/h7-11H,2-6H2,1H3. The maximum Gasteiger partial charge on any atom is 0.0617 e. The summed E-state index contributed by atoms with van der Waals surface area (Å²) in [6, 6.07) is 0. The Balaban J connectivity index is 2.03. The van der Waals surface area contributed by atoms with Crippen molar-refractivity contribution in [3.8, 4) is 0 Å². The Kier molecular flexibility index (Phi) is 3.12. The molecule has 2 nitrogen and oxygen atoms in total. The monoisotopic (exact) mass is 190 g/mol. The van der Waals surface area contributed by atoms with Crippen molar-refractivity contribution >= 4 is 0 Å². The normalized spacial score (nSPS) is 20.6. The van der Waals surface area contributed by atoms with Crippen LogP contribution in [0.4, 0.5) is 0 Å². The van der Waals surface area contributed by atoms with Gasteiger partial charge in [-0.2, -0.15) is 0 Å². The van der Waals surface area contributed by atoms with Crippen LogP contribution >= 0.6 is 0 Å². The predicted octanol–water partition coefficient (Wildman–Crippen LogP) is 3.16. The van der Waals surface area contributed by atoms with E-state index < -0.39 is 0 Å². The Labute approximate surface area is 85.8 Å². The van der Waals surface area contributed by atoms with E-state index in [0.717, 1.165) is 5.92 Å². The molecule has 2 rings (SSSR count). The van der Waals surface area contributed by atoms with Crippen molar-refractivity contribution in [3.63, 3.8) is 0 Å². The second kappa shape index (κ2) is 4.54. The third kappa shape index (κ3) is 2.11. The Hall–Kier alpha value is -0.920. The van der Waals surface area contributed by atoms with E-state index in [1.54, 1.807) is 12.4 Å². The number of nitrogens with zero attached hydrogens (tertiary/aromatic N) is 2. The van der Waals surface area contributed by atoms with Gasteiger partial charge in [-0.05, 0) is 18.8 Å². The van der Waals surface area contributed by atoms with Gasteiger partial charge in [0.05, 0.1) is 5.69 Å². The molecule has 0 amide bonds. The summed E-state index contributed by atoms with van der Waals surface area (Å²) in [5.41, 5.74) is 1.17. The third-order valence-corrected chi connectivity index (χ3v) is 3.41. The molecule has 1 aliphatic rings. The van der Waals surface area contributed by atoms with E-state index in [0.29, 0.717) is 5.92 Å². The smallest absolute Gasteiger partial charge is 0.0617 e. The fourth-order valence-corrected chi connectivity index (χ4v) is 2.42. The van der Waals surface area contributed by atoms with Crippen molar-refractivity contribution in [2.24, 2.45) is 5.92 Å². The van der Waals surface area contributed by atoms with Crippen LogP contribution in [-0.2, 0) is 0 Å². The molecular formula is C12H18N2. The maximum absolute atomic E-state index is 4.39. The lowest BCUT2D eigenvalue weighted by molar-refractivity contribution is 0.312. The highest BCUT2D eigenvalue weighted by Gasteiger charge is 2.21. The van der Waals surface area contributed by atoms with Gasteiger partial charge >= 0.3 is 0 Å². The molecule has 0 radical (unpaired) electrons. The van der Waals surface area contributed by atoms with Crippen molar-refractivity contribution in [2.45, 2.75) is 44.9 Å². The van der Waals surface area contributed by atoms with Crippen LogP contribution in [-0.4, -0.2) is 9.97 Å². The van der Waals surface area contributed by atoms with E-state index in [9.17, 15) is 0 Å². The number of aromatic nitrogens is 2. The van der Waals surface area contributed by atoms with E-state index in [1.807, 2.05) is 6.20 Å². The van der Waals surface area contributed by atoms with Gasteiger partial charge < -0.3 is 0 Å². The zero-order valence-corrected chi connectivity index (χ0v) is 8.82. The van der Waals surface area contributed by atoms with E-state index in [1.165, 1.54) is 37.8 Å². The molecule has 2 heteroatoms. The third-order valence-electron chi connectivity index (χ3n) is 3.41. The van der Waals surface area contributed by atoms with Crippen molar-refractivity contribution in [2.75, 3.05) is 0 Å². The van der Waals surface area contributed by atoms with Gasteiger partial charge in [-0.3, -0.25) is 9.97 Å². The van der Waals surface area contributed by atoms with Crippen LogP contribution < -0.4 is 0 Å². The summed E-state index contributed by atoms with van der Waals surface area (Å²) in [5.74, 6) is 1.42. The summed E-state index contributed by atoms with van der Waals surface area (Å²) in [6.07, 6.45) is 12.4. The summed E-state index contributed by atoms with van der Waals surface area (Å²) in [5, 5.41) is 0. The molecule has 0 bridgehead atoms. The molecular weight excluding hydrogens is 172 g/mol. The number of hydrogen-bond donors (Lipinski definition) is 0. The first-order valence-electron chi connectivity index (χ1n) is 5.64. The molecule has 1 aromatic rings. The van der Waals surface area contributed by atoms with Crippen LogP contribution in [0.3, 0.4) is 0 Å². The zero-order chi connectivity index (χ0) is 9.80. The predicted molar refractivity (Wildman–Crippen MR) is 57.0 cm³/mol. The molecule has 1 aromatic heterocycles. The molecule has 1 aliphatic carbocycles. The highest BCUT2D eigenvalue weighted by atomic mass is 14.8. The SMILES string of the molecule is CC(c1cnccn1)C1CCCCC1. The van der Waals surface area contributed by atoms with Gasteiger partial charge in [0.15, 0.2) is 0 Å². The minimum atomic E-state index is 0.587. The van der Waals surface area contributed by atoms with Crippen molar-refractivity contribution < 1.29 is 0 Å². The number of rotatable bonds is 2. The van der Waals surface area contributed by atoms with Crippen molar-refractivity contribution in [3.05, 3.63) is 24.3 Å². The van der Waals surface area contributed by atoms with Crippen molar-refractivity contribution in [1.29, 1.82) is 0 Å². The maximum atomic E-state index is 4.39. The van der Waals surface area contributed by atoms with Crippen LogP contribution in [0.2, 0.25) is 0 Å². The Bertz CT molecular complexity index is 265. The van der Waals surface area contributed by atoms with Gasteiger partial charge in [0.2, 0.25) is 0 Å². The van der Waals surface area contributed by atoms with Crippen LogP contribution in [0, 0.1) is 5.92 Å². The van der Waals surface area contributed by atoms with Crippen LogP contribution in [0.1, 0.15) is 50.6 Å². The molecule has 0 saturated heterocycles. The molecule has 0 aliphatic heterocycles.